The molecule has 2 rings (SSSR count). The van der Waals surface area contributed by atoms with E-state index in [2.05, 4.69) is 0 Å². The second-order valence-corrected chi connectivity index (χ2v) is 6.28. The SMILES string of the molecule is O=C(CCC(=O)N(CCO)C1CC1)c1ccc(Cl)s1. The van der Waals surface area contributed by atoms with E-state index in [1.807, 2.05) is 0 Å². The van der Waals surface area contributed by atoms with Crippen LogP contribution in [-0.4, -0.2) is 40.9 Å². The van der Waals surface area contributed by atoms with Crippen LogP contribution in [0.4, 0.5) is 0 Å². The first-order valence-corrected chi connectivity index (χ1v) is 7.50. The van der Waals surface area contributed by atoms with Crippen molar-refractivity contribution in [2.24, 2.45) is 0 Å². The molecular weight excluding hydrogens is 286 g/mol. The minimum Gasteiger partial charge on any atom is -0.395 e. The predicted molar refractivity (Wildman–Crippen MR) is 74.7 cm³/mol. The summed E-state index contributed by atoms with van der Waals surface area (Å²) in [4.78, 5) is 26.1. The van der Waals surface area contributed by atoms with Gasteiger partial charge in [0.25, 0.3) is 0 Å². The number of thiophene rings is 1. The Morgan fingerprint density at radius 2 is 2.11 bits per heavy atom. The van der Waals surface area contributed by atoms with E-state index >= 15 is 0 Å². The highest BCUT2D eigenvalue weighted by molar-refractivity contribution is 7.18. The van der Waals surface area contributed by atoms with Gasteiger partial charge < -0.3 is 10.0 Å². The van der Waals surface area contributed by atoms with E-state index in [4.69, 9.17) is 16.7 Å². The molecule has 0 spiro atoms. The Hall–Kier alpha value is -0.910. The number of halogens is 1. The first kappa shape index (κ1) is 14.5. The molecule has 4 nitrogen and oxygen atoms in total. The molecule has 0 saturated heterocycles. The van der Waals surface area contributed by atoms with Gasteiger partial charge in [-0.25, -0.2) is 0 Å². The zero-order valence-electron chi connectivity index (χ0n) is 10.5. The summed E-state index contributed by atoms with van der Waals surface area (Å²) in [6.45, 7) is 0.333. The molecule has 0 radical (unpaired) electrons. The number of aliphatic hydroxyl groups is 1. The molecule has 1 aromatic rings. The van der Waals surface area contributed by atoms with Crippen LogP contribution in [0.2, 0.25) is 4.34 Å². The zero-order valence-corrected chi connectivity index (χ0v) is 12.0. The minimum atomic E-state index is -0.0509. The third kappa shape index (κ3) is 4.03. The van der Waals surface area contributed by atoms with Crippen LogP contribution in [0.15, 0.2) is 12.1 Å². The van der Waals surface area contributed by atoms with Gasteiger partial charge in [0.15, 0.2) is 5.78 Å². The van der Waals surface area contributed by atoms with Crippen molar-refractivity contribution in [3.8, 4) is 0 Å². The van der Waals surface area contributed by atoms with Crippen LogP contribution in [0.1, 0.15) is 35.4 Å². The summed E-state index contributed by atoms with van der Waals surface area (Å²) in [5, 5.41) is 8.95. The van der Waals surface area contributed by atoms with Crippen molar-refractivity contribution in [1.29, 1.82) is 0 Å². The van der Waals surface area contributed by atoms with E-state index in [-0.39, 0.29) is 37.2 Å². The molecule has 1 fully saturated rings. The second-order valence-electron chi connectivity index (χ2n) is 4.57. The maximum Gasteiger partial charge on any atom is 0.223 e. The summed E-state index contributed by atoms with van der Waals surface area (Å²) < 4.78 is 0.578. The number of aliphatic hydroxyl groups excluding tert-OH is 1. The Morgan fingerprint density at radius 3 is 2.63 bits per heavy atom. The van der Waals surface area contributed by atoms with Crippen molar-refractivity contribution in [2.45, 2.75) is 31.7 Å². The monoisotopic (exact) mass is 301 g/mol. The lowest BCUT2D eigenvalue weighted by molar-refractivity contribution is -0.132. The summed E-state index contributed by atoms with van der Waals surface area (Å²) in [5.74, 6) is -0.0995. The van der Waals surface area contributed by atoms with Gasteiger partial charge in [-0.05, 0) is 25.0 Å². The number of ketones is 1. The number of Topliss-reactive ketones (excluding diaryl/α,β-unsaturated/α-hetero) is 1. The lowest BCUT2D eigenvalue weighted by atomic mass is 10.2. The van der Waals surface area contributed by atoms with Crippen LogP contribution >= 0.6 is 22.9 Å². The number of carbonyl (C=O) groups is 2. The minimum absolute atomic E-state index is 0.0310. The summed E-state index contributed by atoms with van der Waals surface area (Å²) in [5.41, 5.74) is 0. The van der Waals surface area contributed by atoms with E-state index < -0.39 is 0 Å². The maximum atomic E-state index is 12.0. The molecule has 1 saturated carbocycles. The van der Waals surface area contributed by atoms with Gasteiger partial charge in [0.05, 0.1) is 15.8 Å². The Labute approximate surface area is 121 Å². The normalized spacial score (nSPS) is 14.4. The number of hydrogen-bond donors (Lipinski definition) is 1. The van der Waals surface area contributed by atoms with Crippen LogP contribution < -0.4 is 0 Å². The summed E-state index contributed by atoms with van der Waals surface area (Å²) in [6.07, 6.45) is 2.40. The van der Waals surface area contributed by atoms with Crippen LogP contribution in [0.25, 0.3) is 0 Å². The van der Waals surface area contributed by atoms with Gasteiger partial charge in [-0.1, -0.05) is 11.6 Å². The third-order valence-electron chi connectivity index (χ3n) is 3.06. The highest BCUT2D eigenvalue weighted by Crippen LogP contribution is 2.28. The number of amides is 1. The topological polar surface area (TPSA) is 57.6 Å². The average molecular weight is 302 g/mol. The molecule has 0 aliphatic heterocycles. The van der Waals surface area contributed by atoms with Crippen molar-refractivity contribution in [3.05, 3.63) is 21.3 Å². The first-order chi connectivity index (χ1) is 9.11. The van der Waals surface area contributed by atoms with Crippen LogP contribution in [0.3, 0.4) is 0 Å². The standard InChI is InChI=1S/C13H16ClNO3S/c14-12-5-4-11(19-12)10(17)3-6-13(18)15(7-8-16)9-1-2-9/h4-5,9,16H,1-3,6-8H2. The highest BCUT2D eigenvalue weighted by atomic mass is 35.5. The Bertz CT molecular complexity index is 470. The van der Waals surface area contributed by atoms with Crippen molar-refractivity contribution >= 4 is 34.6 Å². The van der Waals surface area contributed by atoms with Crippen LogP contribution in [-0.2, 0) is 4.79 Å². The number of carbonyl (C=O) groups excluding carboxylic acids is 2. The molecule has 1 heterocycles. The molecule has 1 aliphatic rings. The fraction of sp³-hybridized carbons (Fsp3) is 0.538. The fourth-order valence-corrected chi connectivity index (χ4v) is 2.97. The van der Waals surface area contributed by atoms with Crippen molar-refractivity contribution in [2.75, 3.05) is 13.2 Å². The predicted octanol–water partition coefficient (Wildman–Crippen LogP) is 2.35. The van der Waals surface area contributed by atoms with Gasteiger partial charge in [0.1, 0.15) is 0 Å². The molecule has 19 heavy (non-hydrogen) atoms. The summed E-state index contributed by atoms with van der Waals surface area (Å²) >= 11 is 7.01. The lowest BCUT2D eigenvalue weighted by Crippen LogP contribution is -2.35. The highest BCUT2D eigenvalue weighted by Gasteiger charge is 2.31. The van der Waals surface area contributed by atoms with Crippen LogP contribution in [0.5, 0.6) is 0 Å². The van der Waals surface area contributed by atoms with Crippen molar-refractivity contribution < 1.29 is 14.7 Å². The summed E-state index contributed by atoms with van der Waals surface area (Å²) in [6, 6.07) is 3.64. The van der Waals surface area contributed by atoms with E-state index in [0.29, 0.717) is 15.8 Å². The fourth-order valence-electron chi connectivity index (χ4n) is 1.96. The smallest absolute Gasteiger partial charge is 0.223 e. The molecule has 1 aromatic heterocycles. The molecule has 0 bridgehead atoms. The molecule has 1 amide bonds. The maximum absolute atomic E-state index is 12.0. The van der Waals surface area contributed by atoms with Gasteiger partial charge >= 0.3 is 0 Å². The van der Waals surface area contributed by atoms with Gasteiger partial charge in [-0.3, -0.25) is 9.59 Å². The van der Waals surface area contributed by atoms with E-state index in [0.717, 1.165) is 12.8 Å². The lowest BCUT2D eigenvalue weighted by Gasteiger charge is -2.21. The third-order valence-corrected chi connectivity index (χ3v) is 4.34. The molecule has 104 valence electrons. The zero-order chi connectivity index (χ0) is 13.8. The molecule has 0 unspecified atom stereocenters. The van der Waals surface area contributed by atoms with Gasteiger partial charge in [0, 0.05) is 25.4 Å². The Kier molecular flexibility index (Phi) is 4.96. The largest absolute Gasteiger partial charge is 0.395 e. The van der Waals surface area contributed by atoms with Gasteiger partial charge in [0.2, 0.25) is 5.91 Å². The average Bonchev–Trinajstić information content (AvgIpc) is 3.14. The molecule has 6 heteroatoms. The molecule has 1 aliphatic carbocycles. The van der Waals surface area contributed by atoms with E-state index in [9.17, 15) is 9.59 Å². The van der Waals surface area contributed by atoms with Crippen molar-refractivity contribution in [3.63, 3.8) is 0 Å². The Balaban J connectivity index is 1.83. The Morgan fingerprint density at radius 1 is 1.37 bits per heavy atom. The second kappa shape index (κ2) is 6.50. The number of hydrogen-bond acceptors (Lipinski definition) is 4. The summed E-state index contributed by atoms with van der Waals surface area (Å²) in [7, 11) is 0. The quantitative estimate of drug-likeness (QED) is 0.787. The van der Waals surface area contributed by atoms with Gasteiger partial charge in [-0.15, -0.1) is 11.3 Å². The van der Waals surface area contributed by atoms with E-state index in [1.165, 1.54) is 11.3 Å². The van der Waals surface area contributed by atoms with E-state index in [1.54, 1.807) is 17.0 Å². The molecule has 0 aromatic carbocycles. The molecular formula is C13H16ClNO3S. The molecule has 1 N–H and O–H groups in total. The van der Waals surface area contributed by atoms with Crippen molar-refractivity contribution in [1.82, 2.24) is 4.90 Å². The molecule has 0 atom stereocenters. The number of rotatable bonds is 7. The number of nitrogens with zero attached hydrogens (tertiary/aromatic N) is 1. The first-order valence-electron chi connectivity index (χ1n) is 6.30. The van der Waals surface area contributed by atoms with Gasteiger partial charge in [-0.2, -0.15) is 0 Å². The van der Waals surface area contributed by atoms with Crippen LogP contribution in [0, 0.1) is 0 Å².